The first-order valence-corrected chi connectivity index (χ1v) is 12.9. The highest BCUT2D eigenvalue weighted by Crippen LogP contribution is 2.40. The number of carbonyl (C=O) groups excluding carboxylic acids is 2. The number of aromatic amines is 1. The van der Waals surface area contributed by atoms with Crippen molar-refractivity contribution in [3.63, 3.8) is 0 Å². The number of halogens is 3. The Bertz CT molecular complexity index is 1590. The van der Waals surface area contributed by atoms with Gasteiger partial charge < -0.3 is 14.5 Å². The molecule has 2 amide bonds. The summed E-state index contributed by atoms with van der Waals surface area (Å²) in [7, 11) is 0. The summed E-state index contributed by atoms with van der Waals surface area (Å²) in [5.41, 5.74) is 1.90. The molecular weight excluding hydrogens is 493 g/mol. The Hall–Kier alpha value is -3.85. The standard InChI is InChI=1S/C29H27F3N4O2/c30-29(31,32)18-9-10-20-22(17-36(24(20)15-18)14-6-13-35-11-4-1-5-12-35)26-25(27(37)34-28(26)38)21-16-33-23-8-3-2-7-19(21)23/h2-3,7-10,15-17,33H,1,4-6,11-14H2,(H,34,37,38). The maximum Gasteiger partial charge on any atom is 0.416 e. The Kier molecular flexibility index (Phi) is 6.10. The van der Waals surface area contributed by atoms with Gasteiger partial charge in [-0.15, -0.1) is 0 Å². The van der Waals surface area contributed by atoms with Gasteiger partial charge in [-0.05, 0) is 57.1 Å². The number of benzene rings is 2. The molecule has 6 rings (SSSR count). The van der Waals surface area contributed by atoms with Crippen LogP contribution in [-0.4, -0.2) is 45.9 Å². The van der Waals surface area contributed by atoms with Crippen LogP contribution in [0, 0.1) is 0 Å². The lowest BCUT2D eigenvalue weighted by molar-refractivity contribution is -0.137. The molecule has 1 saturated heterocycles. The fourth-order valence-electron chi connectivity index (χ4n) is 5.75. The van der Waals surface area contributed by atoms with E-state index in [0.717, 1.165) is 49.1 Å². The number of likely N-dealkylation sites (tertiary alicyclic amines) is 1. The number of rotatable bonds is 6. The monoisotopic (exact) mass is 520 g/mol. The number of H-pyrrole nitrogens is 1. The molecule has 0 aliphatic carbocycles. The SMILES string of the molecule is O=C1NC(=O)C(c2cn(CCCN3CCCCC3)c3cc(C(F)(F)F)ccc23)=C1c1c[nH]c2ccccc12. The van der Waals surface area contributed by atoms with Crippen molar-refractivity contribution in [3.05, 3.63) is 71.5 Å². The number of nitrogens with one attached hydrogen (secondary N) is 2. The second kappa shape index (κ2) is 9.47. The lowest BCUT2D eigenvalue weighted by Crippen LogP contribution is -2.31. The van der Waals surface area contributed by atoms with Crippen LogP contribution in [0.15, 0.2) is 54.9 Å². The Labute approximate surface area is 217 Å². The molecule has 6 nitrogen and oxygen atoms in total. The number of alkyl halides is 3. The molecule has 4 heterocycles. The van der Waals surface area contributed by atoms with E-state index in [1.54, 1.807) is 17.0 Å². The first kappa shape index (κ1) is 24.5. The number of aryl methyl sites for hydroxylation is 1. The van der Waals surface area contributed by atoms with Crippen LogP contribution < -0.4 is 5.32 Å². The van der Waals surface area contributed by atoms with E-state index in [2.05, 4.69) is 15.2 Å². The lowest BCUT2D eigenvalue weighted by Gasteiger charge is -2.26. The molecule has 0 radical (unpaired) electrons. The van der Waals surface area contributed by atoms with E-state index in [0.29, 0.717) is 28.6 Å². The average molecular weight is 521 g/mol. The average Bonchev–Trinajstić information content (AvgIpc) is 3.56. The lowest BCUT2D eigenvalue weighted by atomic mass is 9.95. The number of hydrogen-bond donors (Lipinski definition) is 2. The normalized spacial score (nSPS) is 17.2. The quantitative estimate of drug-likeness (QED) is 0.326. The van der Waals surface area contributed by atoms with Crippen LogP contribution in [0.1, 0.15) is 42.4 Å². The second-order valence-corrected chi connectivity index (χ2v) is 10.0. The third-order valence-corrected chi connectivity index (χ3v) is 7.59. The number of fused-ring (bicyclic) bond motifs is 2. The molecule has 2 aliphatic rings. The molecule has 38 heavy (non-hydrogen) atoms. The van der Waals surface area contributed by atoms with Crippen molar-refractivity contribution in [2.45, 2.75) is 38.4 Å². The van der Waals surface area contributed by atoms with Crippen LogP contribution in [-0.2, 0) is 22.3 Å². The second-order valence-electron chi connectivity index (χ2n) is 10.0. The van der Waals surface area contributed by atoms with Crippen molar-refractivity contribution < 1.29 is 22.8 Å². The fraction of sp³-hybridized carbons (Fsp3) is 0.310. The van der Waals surface area contributed by atoms with Gasteiger partial charge in [0.05, 0.1) is 16.7 Å². The number of carbonyl (C=O) groups is 2. The minimum Gasteiger partial charge on any atom is -0.361 e. The van der Waals surface area contributed by atoms with E-state index >= 15 is 0 Å². The number of aromatic nitrogens is 2. The van der Waals surface area contributed by atoms with E-state index in [-0.39, 0.29) is 11.1 Å². The molecule has 1 fully saturated rings. The summed E-state index contributed by atoms with van der Waals surface area (Å²) in [5.74, 6) is -1.07. The van der Waals surface area contributed by atoms with Crippen molar-refractivity contribution in [3.8, 4) is 0 Å². The van der Waals surface area contributed by atoms with Gasteiger partial charge in [0.25, 0.3) is 11.8 Å². The highest BCUT2D eigenvalue weighted by atomic mass is 19.4. The molecule has 0 unspecified atom stereocenters. The Morgan fingerprint density at radius 3 is 2.34 bits per heavy atom. The third kappa shape index (κ3) is 4.30. The van der Waals surface area contributed by atoms with Crippen LogP contribution in [0.5, 0.6) is 0 Å². The first-order chi connectivity index (χ1) is 18.3. The predicted molar refractivity (Wildman–Crippen MR) is 140 cm³/mol. The minimum absolute atomic E-state index is 0.180. The van der Waals surface area contributed by atoms with E-state index in [1.807, 2.05) is 24.3 Å². The minimum atomic E-state index is -4.49. The summed E-state index contributed by atoms with van der Waals surface area (Å²) in [4.78, 5) is 31.7. The zero-order valence-corrected chi connectivity index (χ0v) is 20.7. The summed E-state index contributed by atoms with van der Waals surface area (Å²) in [6, 6.07) is 11.0. The van der Waals surface area contributed by atoms with Crippen molar-refractivity contribution in [2.24, 2.45) is 0 Å². The van der Waals surface area contributed by atoms with Crippen LogP contribution in [0.25, 0.3) is 33.0 Å². The summed E-state index contributed by atoms with van der Waals surface area (Å²) in [5, 5.41) is 3.70. The van der Waals surface area contributed by atoms with Gasteiger partial charge in [-0.3, -0.25) is 14.9 Å². The number of nitrogens with zero attached hydrogens (tertiary/aromatic N) is 2. The van der Waals surface area contributed by atoms with Gasteiger partial charge in [0.1, 0.15) is 0 Å². The maximum atomic E-state index is 13.6. The highest BCUT2D eigenvalue weighted by Gasteiger charge is 2.36. The molecule has 2 aromatic carbocycles. The van der Waals surface area contributed by atoms with Gasteiger partial charge in [-0.25, -0.2) is 0 Å². The molecular formula is C29H27F3N4O2. The van der Waals surface area contributed by atoms with E-state index in [4.69, 9.17) is 0 Å². The van der Waals surface area contributed by atoms with Crippen molar-refractivity contribution in [1.29, 1.82) is 0 Å². The summed E-state index contributed by atoms with van der Waals surface area (Å²) < 4.78 is 42.7. The molecule has 0 atom stereocenters. The predicted octanol–water partition coefficient (Wildman–Crippen LogP) is 5.58. The summed E-state index contributed by atoms with van der Waals surface area (Å²) >= 11 is 0. The zero-order valence-electron chi connectivity index (χ0n) is 20.7. The third-order valence-electron chi connectivity index (χ3n) is 7.59. The van der Waals surface area contributed by atoms with Gasteiger partial charge >= 0.3 is 6.18 Å². The summed E-state index contributed by atoms with van der Waals surface area (Å²) in [6.07, 6.45) is 3.25. The van der Waals surface area contributed by atoms with Crippen LogP contribution in [0.3, 0.4) is 0 Å². The first-order valence-electron chi connectivity index (χ1n) is 12.9. The van der Waals surface area contributed by atoms with Crippen molar-refractivity contribution in [2.75, 3.05) is 19.6 Å². The smallest absolute Gasteiger partial charge is 0.361 e. The highest BCUT2D eigenvalue weighted by molar-refractivity contribution is 6.50. The largest absolute Gasteiger partial charge is 0.416 e. The molecule has 2 aromatic heterocycles. The molecule has 196 valence electrons. The molecule has 0 bridgehead atoms. The summed E-state index contributed by atoms with van der Waals surface area (Å²) in [6.45, 7) is 3.44. The van der Waals surface area contributed by atoms with E-state index < -0.39 is 23.6 Å². The number of imide groups is 1. The number of para-hydroxylation sites is 1. The Morgan fingerprint density at radius 1 is 0.842 bits per heavy atom. The molecule has 4 aromatic rings. The van der Waals surface area contributed by atoms with Crippen LogP contribution in [0.2, 0.25) is 0 Å². The van der Waals surface area contributed by atoms with Gasteiger partial charge in [0, 0.05) is 51.9 Å². The van der Waals surface area contributed by atoms with Gasteiger partial charge in [-0.2, -0.15) is 13.2 Å². The van der Waals surface area contributed by atoms with Crippen molar-refractivity contribution in [1.82, 2.24) is 19.8 Å². The number of hydrogen-bond acceptors (Lipinski definition) is 3. The van der Waals surface area contributed by atoms with Crippen LogP contribution >= 0.6 is 0 Å². The topological polar surface area (TPSA) is 70.1 Å². The van der Waals surface area contributed by atoms with Crippen molar-refractivity contribution >= 4 is 44.8 Å². The number of piperidine rings is 1. The van der Waals surface area contributed by atoms with Crippen LogP contribution in [0.4, 0.5) is 13.2 Å². The van der Waals surface area contributed by atoms with Gasteiger partial charge in [0.15, 0.2) is 0 Å². The van der Waals surface area contributed by atoms with Gasteiger partial charge in [0.2, 0.25) is 0 Å². The Morgan fingerprint density at radius 2 is 1.58 bits per heavy atom. The van der Waals surface area contributed by atoms with E-state index in [9.17, 15) is 22.8 Å². The molecule has 0 spiro atoms. The molecule has 0 saturated carbocycles. The number of amides is 2. The maximum absolute atomic E-state index is 13.6. The Balaban J connectivity index is 1.47. The zero-order chi connectivity index (χ0) is 26.4. The fourth-order valence-corrected chi connectivity index (χ4v) is 5.75. The molecule has 9 heteroatoms. The van der Waals surface area contributed by atoms with E-state index in [1.165, 1.54) is 25.3 Å². The van der Waals surface area contributed by atoms with Gasteiger partial charge in [-0.1, -0.05) is 30.7 Å². The molecule has 2 N–H and O–H groups in total. The molecule has 2 aliphatic heterocycles.